The van der Waals surface area contributed by atoms with Gasteiger partial charge in [-0.2, -0.15) is 10.2 Å². The van der Waals surface area contributed by atoms with Crippen LogP contribution in [0.1, 0.15) is 16.6 Å². The van der Waals surface area contributed by atoms with Crippen molar-refractivity contribution in [2.24, 2.45) is 15.3 Å². The average Bonchev–Trinajstić information content (AvgIpc) is 3.15. The second-order valence-corrected chi connectivity index (χ2v) is 5.60. The zero-order valence-electron chi connectivity index (χ0n) is 11.2. The van der Waals surface area contributed by atoms with Crippen molar-refractivity contribution in [3.05, 3.63) is 52.2 Å². The van der Waals surface area contributed by atoms with Gasteiger partial charge in [0.2, 0.25) is 5.11 Å². The molecule has 0 fully saturated rings. The van der Waals surface area contributed by atoms with E-state index in [-0.39, 0.29) is 6.17 Å². The number of thiocarbonyl (C=S) groups is 1. The summed E-state index contributed by atoms with van der Waals surface area (Å²) in [5.74, 6) is 0.784. The lowest BCUT2D eigenvalue weighted by Gasteiger charge is -2.15. The average molecular weight is 316 g/mol. The van der Waals surface area contributed by atoms with E-state index in [9.17, 15) is 0 Å². The summed E-state index contributed by atoms with van der Waals surface area (Å²) < 4.78 is 5.19. The molecule has 2 aromatic rings. The molecule has 3 rings (SSSR count). The van der Waals surface area contributed by atoms with E-state index in [1.807, 2.05) is 41.8 Å². The minimum absolute atomic E-state index is 0.264. The Morgan fingerprint density at radius 2 is 2.29 bits per heavy atom. The van der Waals surface area contributed by atoms with Crippen LogP contribution in [0.4, 0.5) is 0 Å². The van der Waals surface area contributed by atoms with Gasteiger partial charge in [-0.15, -0.1) is 16.5 Å². The van der Waals surface area contributed by atoms with E-state index in [2.05, 4.69) is 15.3 Å². The first kappa shape index (κ1) is 13.8. The third-order valence-electron chi connectivity index (χ3n) is 2.90. The summed E-state index contributed by atoms with van der Waals surface area (Å²) in [6.45, 7) is 0. The number of thiophene rings is 1. The molecular weight excluding hydrogens is 304 g/mol. The first-order chi connectivity index (χ1) is 10.3. The molecule has 0 bridgehead atoms. The zero-order chi connectivity index (χ0) is 14.7. The third kappa shape index (κ3) is 2.98. The van der Waals surface area contributed by atoms with E-state index in [4.69, 9.17) is 17.0 Å². The van der Waals surface area contributed by atoms with Crippen LogP contribution in [0.3, 0.4) is 0 Å². The minimum Gasteiger partial charge on any atom is -0.497 e. The van der Waals surface area contributed by atoms with Crippen LogP contribution in [-0.2, 0) is 0 Å². The van der Waals surface area contributed by atoms with Crippen molar-refractivity contribution in [2.75, 3.05) is 7.11 Å². The topological polar surface area (TPSA) is 49.5 Å². The molecule has 1 aromatic carbocycles. The Morgan fingerprint density at radius 1 is 1.38 bits per heavy atom. The van der Waals surface area contributed by atoms with Gasteiger partial charge in [-0.3, -0.25) is 0 Å². The van der Waals surface area contributed by atoms with E-state index in [0.29, 0.717) is 5.11 Å². The molecule has 1 aliphatic rings. The molecular formula is C14H12N4OS2. The highest BCUT2D eigenvalue weighted by atomic mass is 32.1. The molecule has 0 aliphatic carbocycles. The number of ether oxygens (including phenoxy) is 1. The van der Waals surface area contributed by atoms with Gasteiger partial charge in [0.15, 0.2) is 6.17 Å². The minimum atomic E-state index is -0.264. The van der Waals surface area contributed by atoms with Crippen LogP contribution >= 0.6 is 23.6 Å². The predicted molar refractivity (Wildman–Crippen MR) is 86.9 cm³/mol. The highest BCUT2D eigenvalue weighted by molar-refractivity contribution is 7.80. The van der Waals surface area contributed by atoms with E-state index in [0.717, 1.165) is 16.2 Å². The van der Waals surface area contributed by atoms with E-state index < -0.39 is 0 Å². The van der Waals surface area contributed by atoms with Crippen molar-refractivity contribution in [3.63, 3.8) is 0 Å². The molecule has 1 atom stereocenters. The van der Waals surface area contributed by atoms with Crippen LogP contribution < -0.4 is 4.74 Å². The van der Waals surface area contributed by atoms with Gasteiger partial charge >= 0.3 is 0 Å². The highest BCUT2D eigenvalue weighted by Crippen LogP contribution is 2.31. The molecule has 0 N–H and O–H groups in total. The monoisotopic (exact) mass is 316 g/mol. The number of benzene rings is 1. The van der Waals surface area contributed by atoms with Crippen LogP contribution in [0, 0.1) is 0 Å². The van der Waals surface area contributed by atoms with Crippen molar-refractivity contribution >= 4 is 34.9 Å². The second-order valence-electron chi connectivity index (χ2n) is 4.25. The molecule has 0 radical (unpaired) electrons. The Labute approximate surface area is 131 Å². The van der Waals surface area contributed by atoms with Gasteiger partial charge < -0.3 is 4.74 Å². The SMILES string of the molecule is COc1cccc(C=NN2C(=S)N=NC2c2cccs2)c1. The number of rotatable bonds is 4. The molecule has 0 saturated carbocycles. The Kier molecular flexibility index (Phi) is 4.03. The Hall–Kier alpha value is -2.12. The van der Waals surface area contributed by atoms with Gasteiger partial charge in [0.1, 0.15) is 5.75 Å². The van der Waals surface area contributed by atoms with E-state index in [1.165, 1.54) is 0 Å². The normalized spacial score (nSPS) is 17.9. The van der Waals surface area contributed by atoms with Crippen molar-refractivity contribution in [2.45, 2.75) is 6.17 Å². The van der Waals surface area contributed by atoms with Crippen LogP contribution in [-0.4, -0.2) is 23.4 Å². The molecule has 2 heterocycles. The van der Waals surface area contributed by atoms with Crippen molar-refractivity contribution in [1.29, 1.82) is 0 Å². The fourth-order valence-electron chi connectivity index (χ4n) is 1.88. The Balaban J connectivity index is 1.82. The molecule has 5 nitrogen and oxygen atoms in total. The van der Waals surface area contributed by atoms with E-state index in [1.54, 1.807) is 29.7 Å². The first-order valence-electron chi connectivity index (χ1n) is 6.23. The molecule has 0 spiro atoms. The van der Waals surface area contributed by atoms with Gasteiger partial charge in [0.05, 0.1) is 18.2 Å². The number of hydrogen-bond donors (Lipinski definition) is 0. The lowest BCUT2D eigenvalue weighted by Crippen LogP contribution is -2.21. The number of hydrazone groups is 1. The number of methoxy groups -OCH3 is 1. The van der Waals surface area contributed by atoms with Crippen molar-refractivity contribution in [3.8, 4) is 5.75 Å². The van der Waals surface area contributed by atoms with Gasteiger partial charge in [-0.1, -0.05) is 18.2 Å². The zero-order valence-corrected chi connectivity index (χ0v) is 12.8. The van der Waals surface area contributed by atoms with E-state index >= 15 is 0 Å². The molecule has 0 amide bonds. The Morgan fingerprint density at radius 3 is 3.05 bits per heavy atom. The van der Waals surface area contributed by atoms with Gasteiger partial charge in [-0.05, 0) is 41.4 Å². The quantitative estimate of drug-likeness (QED) is 0.636. The number of nitrogens with zero attached hydrogens (tertiary/aromatic N) is 4. The van der Waals surface area contributed by atoms with Crippen molar-refractivity contribution < 1.29 is 4.74 Å². The summed E-state index contributed by atoms with van der Waals surface area (Å²) in [4.78, 5) is 1.06. The molecule has 1 unspecified atom stereocenters. The van der Waals surface area contributed by atoms with Gasteiger partial charge in [0, 0.05) is 0 Å². The standard InChI is InChI=1S/C14H12N4OS2/c1-19-11-5-2-4-10(8-11)9-15-18-13(16-17-14(18)20)12-6-3-7-21-12/h2-9,13H,1H3. The fraction of sp³-hybridized carbons (Fsp3) is 0.143. The smallest absolute Gasteiger partial charge is 0.238 e. The first-order valence-corrected chi connectivity index (χ1v) is 7.52. The Bertz CT molecular complexity index is 697. The maximum absolute atomic E-state index is 5.19. The van der Waals surface area contributed by atoms with Crippen LogP contribution in [0.5, 0.6) is 5.75 Å². The summed E-state index contributed by atoms with van der Waals surface area (Å²) in [6, 6.07) is 11.6. The molecule has 21 heavy (non-hydrogen) atoms. The highest BCUT2D eigenvalue weighted by Gasteiger charge is 2.28. The maximum atomic E-state index is 5.19. The predicted octanol–water partition coefficient (Wildman–Crippen LogP) is 3.84. The summed E-state index contributed by atoms with van der Waals surface area (Å²) in [7, 11) is 1.64. The molecule has 106 valence electrons. The lowest BCUT2D eigenvalue weighted by molar-refractivity contribution is 0.372. The van der Waals surface area contributed by atoms with Gasteiger partial charge in [-0.25, -0.2) is 5.01 Å². The second kappa shape index (κ2) is 6.11. The summed E-state index contributed by atoms with van der Waals surface area (Å²) >= 11 is 6.79. The van der Waals surface area contributed by atoms with Gasteiger partial charge in [0.25, 0.3) is 0 Å². The molecule has 0 saturated heterocycles. The lowest BCUT2D eigenvalue weighted by atomic mass is 10.2. The maximum Gasteiger partial charge on any atom is 0.238 e. The van der Waals surface area contributed by atoms with Crippen LogP contribution in [0.2, 0.25) is 0 Å². The number of hydrogen-bond acceptors (Lipinski definition) is 5. The largest absolute Gasteiger partial charge is 0.497 e. The summed E-state index contributed by atoms with van der Waals surface area (Å²) in [6.07, 6.45) is 1.46. The number of azo groups is 1. The molecule has 7 heteroatoms. The van der Waals surface area contributed by atoms with Crippen molar-refractivity contribution in [1.82, 2.24) is 5.01 Å². The van der Waals surface area contributed by atoms with Crippen LogP contribution in [0.15, 0.2) is 57.1 Å². The third-order valence-corrected chi connectivity index (χ3v) is 4.08. The summed E-state index contributed by atoms with van der Waals surface area (Å²) in [5, 5.41) is 16.5. The van der Waals surface area contributed by atoms with Crippen LogP contribution in [0.25, 0.3) is 0 Å². The summed E-state index contributed by atoms with van der Waals surface area (Å²) in [5.41, 5.74) is 0.925. The molecule has 1 aliphatic heterocycles. The fourth-order valence-corrected chi connectivity index (χ4v) is 2.82. The molecule has 1 aromatic heterocycles.